The maximum absolute atomic E-state index is 6.19. The third-order valence-corrected chi connectivity index (χ3v) is 4.01. The van der Waals surface area contributed by atoms with E-state index in [0.717, 1.165) is 16.9 Å². The Morgan fingerprint density at radius 2 is 1.94 bits per heavy atom. The lowest BCUT2D eigenvalue weighted by Crippen LogP contribution is -2.12. The highest BCUT2D eigenvalue weighted by atomic mass is 35.5. The lowest BCUT2D eigenvalue weighted by molar-refractivity contribution is 0.408. The van der Waals surface area contributed by atoms with Crippen LogP contribution in [0.25, 0.3) is 0 Å². The van der Waals surface area contributed by atoms with Crippen LogP contribution in [0.3, 0.4) is 0 Å². The van der Waals surface area contributed by atoms with E-state index in [1.165, 1.54) is 11.3 Å². The number of methoxy groups -OCH3 is 1. The Bertz CT molecular complexity index is 527. The normalized spacial score (nSPS) is 12.5. The molecule has 90 valence electrons. The fraction of sp³-hybridized carbons (Fsp3) is 0.167. The predicted octanol–water partition coefficient (Wildman–Crippen LogP) is 4.11. The zero-order chi connectivity index (χ0) is 12.4. The van der Waals surface area contributed by atoms with Gasteiger partial charge in [0.05, 0.1) is 21.8 Å². The number of hydrogen-bond acceptors (Lipinski definition) is 3. The topological polar surface area (TPSA) is 35.2 Å². The van der Waals surface area contributed by atoms with Crippen molar-refractivity contribution >= 4 is 34.5 Å². The maximum Gasteiger partial charge on any atom is 0.123 e. The molecule has 1 heterocycles. The quantitative estimate of drug-likeness (QED) is 0.922. The van der Waals surface area contributed by atoms with Crippen LogP contribution in [-0.2, 0) is 0 Å². The smallest absolute Gasteiger partial charge is 0.123 e. The van der Waals surface area contributed by atoms with Crippen LogP contribution in [0.1, 0.15) is 17.2 Å². The van der Waals surface area contributed by atoms with Crippen molar-refractivity contribution in [1.82, 2.24) is 0 Å². The standard InChI is InChI=1S/C12H11Cl2NOS/c1-16-9-5-3-2-4-7(9)11(15)8-6-10(13)17-12(8)14/h2-6,11H,15H2,1H3. The van der Waals surface area contributed by atoms with E-state index in [9.17, 15) is 0 Å². The second kappa shape index (κ2) is 5.27. The van der Waals surface area contributed by atoms with Crippen LogP contribution >= 0.6 is 34.5 Å². The number of benzene rings is 1. The van der Waals surface area contributed by atoms with Crippen molar-refractivity contribution in [1.29, 1.82) is 0 Å². The van der Waals surface area contributed by atoms with Crippen molar-refractivity contribution in [2.45, 2.75) is 6.04 Å². The molecule has 1 unspecified atom stereocenters. The average Bonchev–Trinajstić information content (AvgIpc) is 2.67. The van der Waals surface area contributed by atoms with E-state index >= 15 is 0 Å². The number of nitrogens with two attached hydrogens (primary N) is 1. The van der Waals surface area contributed by atoms with Crippen molar-refractivity contribution in [2.24, 2.45) is 5.73 Å². The first-order chi connectivity index (χ1) is 8.13. The largest absolute Gasteiger partial charge is 0.496 e. The summed E-state index contributed by atoms with van der Waals surface area (Å²) in [5, 5.41) is 0. The van der Waals surface area contributed by atoms with Gasteiger partial charge in [-0.2, -0.15) is 0 Å². The molecule has 17 heavy (non-hydrogen) atoms. The second-order valence-corrected chi connectivity index (χ2v) is 5.78. The summed E-state index contributed by atoms with van der Waals surface area (Å²) >= 11 is 13.3. The Morgan fingerprint density at radius 3 is 2.53 bits per heavy atom. The minimum Gasteiger partial charge on any atom is -0.496 e. The van der Waals surface area contributed by atoms with Crippen molar-refractivity contribution in [2.75, 3.05) is 7.11 Å². The molecule has 2 aromatic rings. The van der Waals surface area contributed by atoms with Gasteiger partial charge in [-0.1, -0.05) is 41.4 Å². The summed E-state index contributed by atoms with van der Waals surface area (Å²) in [6.45, 7) is 0. The molecule has 2 rings (SSSR count). The molecule has 0 radical (unpaired) electrons. The molecule has 0 aliphatic heterocycles. The number of para-hydroxylation sites is 1. The van der Waals surface area contributed by atoms with Gasteiger partial charge in [-0.15, -0.1) is 11.3 Å². The Balaban J connectivity index is 2.43. The number of rotatable bonds is 3. The minimum absolute atomic E-state index is 0.331. The predicted molar refractivity (Wildman–Crippen MR) is 73.4 cm³/mol. The Morgan fingerprint density at radius 1 is 1.24 bits per heavy atom. The molecule has 0 saturated carbocycles. The molecular weight excluding hydrogens is 277 g/mol. The summed E-state index contributed by atoms with van der Waals surface area (Å²) in [4.78, 5) is 0. The monoisotopic (exact) mass is 287 g/mol. The first-order valence-corrected chi connectivity index (χ1v) is 6.54. The lowest BCUT2D eigenvalue weighted by atomic mass is 10.0. The number of thiophene rings is 1. The third kappa shape index (κ3) is 2.58. The highest BCUT2D eigenvalue weighted by Gasteiger charge is 2.18. The van der Waals surface area contributed by atoms with Gasteiger partial charge in [-0.25, -0.2) is 0 Å². The highest BCUT2D eigenvalue weighted by molar-refractivity contribution is 7.20. The van der Waals surface area contributed by atoms with Gasteiger partial charge in [0.2, 0.25) is 0 Å². The van der Waals surface area contributed by atoms with Gasteiger partial charge in [0.15, 0.2) is 0 Å². The van der Waals surface area contributed by atoms with E-state index in [1.807, 2.05) is 24.3 Å². The molecule has 5 heteroatoms. The third-order valence-electron chi connectivity index (χ3n) is 2.49. The van der Waals surface area contributed by atoms with Crippen LogP contribution in [0.15, 0.2) is 30.3 Å². The highest BCUT2D eigenvalue weighted by Crippen LogP contribution is 2.38. The van der Waals surface area contributed by atoms with Gasteiger partial charge in [-0.3, -0.25) is 0 Å². The van der Waals surface area contributed by atoms with Gasteiger partial charge in [0, 0.05) is 11.1 Å². The minimum atomic E-state index is -0.331. The number of hydrogen-bond donors (Lipinski definition) is 1. The Hall–Kier alpha value is -0.740. The van der Waals surface area contributed by atoms with E-state index in [0.29, 0.717) is 8.67 Å². The molecule has 0 saturated heterocycles. The van der Waals surface area contributed by atoms with Gasteiger partial charge < -0.3 is 10.5 Å². The zero-order valence-corrected chi connectivity index (χ0v) is 11.4. The van der Waals surface area contributed by atoms with Gasteiger partial charge in [0.1, 0.15) is 5.75 Å². The van der Waals surface area contributed by atoms with E-state index in [2.05, 4.69) is 0 Å². The fourth-order valence-corrected chi connectivity index (χ4v) is 3.21. The molecule has 1 aromatic carbocycles. The van der Waals surface area contributed by atoms with Gasteiger partial charge >= 0.3 is 0 Å². The summed E-state index contributed by atoms with van der Waals surface area (Å²) in [6.07, 6.45) is 0. The molecule has 0 amide bonds. The van der Waals surface area contributed by atoms with Crippen LogP contribution < -0.4 is 10.5 Å². The summed E-state index contributed by atoms with van der Waals surface area (Å²) in [5.74, 6) is 0.749. The van der Waals surface area contributed by atoms with E-state index in [1.54, 1.807) is 13.2 Å². The summed E-state index contributed by atoms with van der Waals surface area (Å²) in [5.41, 5.74) is 7.91. The van der Waals surface area contributed by atoms with Crippen LogP contribution in [0.2, 0.25) is 8.67 Å². The summed E-state index contributed by atoms with van der Waals surface area (Å²) in [6, 6.07) is 9.08. The molecule has 0 bridgehead atoms. The molecule has 2 nitrogen and oxygen atoms in total. The van der Waals surface area contributed by atoms with E-state index in [4.69, 9.17) is 33.7 Å². The van der Waals surface area contributed by atoms with Crippen molar-refractivity contribution in [3.63, 3.8) is 0 Å². The van der Waals surface area contributed by atoms with Gasteiger partial charge in [0.25, 0.3) is 0 Å². The fourth-order valence-electron chi connectivity index (χ4n) is 1.66. The second-order valence-electron chi connectivity index (χ2n) is 3.50. The molecule has 0 spiro atoms. The summed E-state index contributed by atoms with van der Waals surface area (Å²) in [7, 11) is 1.62. The zero-order valence-electron chi connectivity index (χ0n) is 9.11. The van der Waals surface area contributed by atoms with Crippen LogP contribution in [0, 0.1) is 0 Å². The van der Waals surface area contributed by atoms with Crippen LogP contribution in [0.5, 0.6) is 5.75 Å². The lowest BCUT2D eigenvalue weighted by Gasteiger charge is -2.14. The Kier molecular flexibility index (Phi) is 3.94. The van der Waals surface area contributed by atoms with Crippen molar-refractivity contribution in [3.05, 3.63) is 50.1 Å². The molecule has 0 aliphatic rings. The molecule has 2 N–H and O–H groups in total. The van der Waals surface area contributed by atoms with E-state index < -0.39 is 0 Å². The number of ether oxygens (including phenoxy) is 1. The summed E-state index contributed by atoms with van der Waals surface area (Å²) < 4.78 is 6.54. The van der Waals surface area contributed by atoms with Crippen LogP contribution in [0.4, 0.5) is 0 Å². The van der Waals surface area contributed by atoms with Crippen LogP contribution in [-0.4, -0.2) is 7.11 Å². The molecular formula is C12H11Cl2NOS. The van der Waals surface area contributed by atoms with Crippen molar-refractivity contribution in [3.8, 4) is 5.75 Å². The van der Waals surface area contributed by atoms with Crippen molar-refractivity contribution < 1.29 is 4.74 Å². The van der Waals surface area contributed by atoms with Gasteiger partial charge in [-0.05, 0) is 12.1 Å². The average molecular weight is 288 g/mol. The molecule has 1 aromatic heterocycles. The molecule has 1 atom stereocenters. The molecule has 0 fully saturated rings. The maximum atomic E-state index is 6.19. The number of halogens is 2. The molecule has 0 aliphatic carbocycles. The van der Waals surface area contributed by atoms with E-state index in [-0.39, 0.29) is 6.04 Å². The Labute approximate surface area is 114 Å². The first-order valence-electron chi connectivity index (χ1n) is 4.96. The SMILES string of the molecule is COc1ccccc1C(N)c1cc(Cl)sc1Cl. The first kappa shape index (κ1) is 12.7.